The summed E-state index contributed by atoms with van der Waals surface area (Å²) in [6, 6.07) is 23.6. The fraction of sp³-hybridized carbons (Fsp3) is 0.511. The molecule has 6 N–H and O–H groups in total. The van der Waals surface area contributed by atoms with Crippen LogP contribution in [0.15, 0.2) is 130 Å². The Labute approximate surface area is 710 Å². The number of aromatic nitrogens is 6. The van der Waals surface area contributed by atoms with Crippen LogP contribution in [0.5, 0.6) is 17.2 Å². The number of furan rings is 2. The second-order valence-electron chi connectivity index (χ2n) is 31.6. The van der Waals surface area contributed by atoms with Gasteiger partial charge in [-0.1, -0.05) is 110 Å². The maximum Gasteiger partial charge on any atom is 0.351 e. The van der Waals surface area contributed by atoms with Crippen molar-refractivity contribution in [2.45, 2.75) is 219 Å². The van der Waals surface area contributed by atoms with E-state index in [4.69, 9.17) is 67.2 Å². The van der Waals surface area contributed by atoms with Crippen LogP contribution in [0.25, 0.3) is 44.8 Å². The van der Waals surface area contributed by atoms with Gasteiger partial charge in [-0.15, -0.1) is 0 Å². The fourth-order valence-corrected chi connectivity index (χ4v) is 16.7. The number of hydrogen-bond donors (Lipinski definition) is 5. The number of nitrogens with two attached hydrogens (primary N) is 1. The minimum absolute atomic E-state index is 0.0134. The standard InChI is InChI=1S/C29H31N3O6.C29H31N3O5.C15H25NO4.C9H13N3O3S.C6H12O2.C2H6/c1-36-25-11-8-18(15-26(25)37-2)14-23(29(34)35)31-28(33)19-9-10-24-22(16-19)30-27(20-12-13-38-17-20)32(24)21-6-4-3-5-7-21;1-18-8-9-19(15-26(18)36-2)14-24(29(34)35)31-28(33)20-10-11-25-23(16-20)30-27(21-12-13-37-17-21)32(25)22-6-4-3-5-7-22;1-9-6-14(20-11(9)8-19-5)16-10(2)15(3,4)12(17)7-13(16)18;1-5-3-12(8(13)11-7(5)10)6-4-16-9(14-2)15-6;1-5-3-6(7-2)8-4-5;1-2/h8-13,15-17,21,23H,3-7,14H2,1-2H3,(H,31,33)(H,34,35);8-13,15-17,22,24H,3-7,14H2,1-2H3,(H,31,33)(H,34,35);9-11,14H,6-8H2,1-5H3;3,6,9H,4H2,1-2H3,(H2,10,11,13);5-6H,3-4H2,1-2H3;1-2H3. The van der Waals surface area contributed by atoms with Gasteiger partial charge in [0.25, 0.3) is 11.8 Å². The summed E-state index contributed by atoms with van der Waals surface area (Å²) in [5, 5.41) is 25.0. The lowest BCUT2D eigenvalue weighted by Gasteiger charge is -2.45. The zero-order chi connectivity index (χ0) is 87.4. The lowest BCUT2D eigenvalue weighted by molar-refractivity contribution is -0.169. The highest BCUT2D eigenvalue weighted by Gasteiger charge is 2.50. The molecule has 6 fully saturated rings. The summed E-state index contributed by atoms with van der Waals surface area (Å²) in [7, 11) is 9.52. The lowest BCUT2D eigenvalue weighted by Crippen LogP contribution is -2.59. The topological polar surface area (TPSA) is 376 Å². The van der Waals surface area contributed by atoms with Crippen molar-refractivity contribution in [1.29, 1.82) is 0 Å². The summed E-state index contributed by atoms with van der Waals surface area (Å²) in [4.78, 5) is 101. The van der Waals surface area contributed by atoms with Gasteiger partial charge in [0.15, 0.2) is 24.0 Å². The average molecular weight is 1690 g/mol. The van der Waals surface area contributed by atoms with Crippen LogP contribution in [-0.2, 0) is 60.4 Å². The summed E-state index contributed by atoms with van der Waals surface area (Å²) >= 11 is 1.50. The Kier molecular flexibility index (Phi) is 33.3. The molecular weight excluding hydrogens is 1570 g/mol. The Balaban J connectivity index is 0.000000171. The van der Waals surface area contributed by atoms with Gasteiger partial charge in [-0.05, 0) is 148 Å². The van der Waals surface area contributed by atoms with Gasteiger partial charge in [-0.2, -0.15) is 4.98 Å². The molecule has 10 atom stereocenters. The van der Waals surface area contributed by atoms with Crippen molar-refractivity contribution in [3.8, 4) is 40.0 Å². The number of nitrogens with one attached hydrogen (secondary N) is 2. The molecular formula is C90H118N10O20S. The Morgan fingerprint density at radius 1 is 0.628 bits per heavy atom. The number of carboxylic acids is 2. The number of piperidine rings is 1. The van der Waals surface area contributed by atoms with E-state index in [9.17, 15) is 43.8 Å². The molecule has 121 heavy (non-hydrogen) atoms. The first kappa shape index (κ1) is 92.9. The SMILES string of the molecule is CC.COC1CC(C)CO1.COC1OC(n2cc(C)c(N)nc2=O)CS1.COCC1OC(N2C(=O)CC(=O)C(C)(C)C2C)CC1C.COc1cc(CC(NC(=O)c2ccc3c(c2)nc(-c2ccoc2)n3C2CCCCC2)C(=O)O)ccc1C.COc1ccc(CC(NC(=O)c2ccc3c(c2)nc(-c2ccoc2)n3C2CCCCC2)C(=O)O)cc1OC. The number of amides is 3. The predicted molar refractivity (Wildman–Crippen MR) is 459 cm³/mol. The molecule has 654 valence electrons. The molecule has 30 nitrogen and oxygen atoms in total. The van der Waals surface area contributed by atoms with Crippen molar-refractivity contribution in [3.05, 3.63) is 160 Å². The smallest absolute Gasteiger partial charge is 0.351 e. The number of aryl methyl sites for hydroxylation is 2. The van der Waals surface area contributed by atoms with E-state index < -0.39 is 46.9 Å². The molecule has 31 heteroatoms. The van der Waals surface area contributed by atoms with Crippen LogP contribution in [0.4, 0.5) is 5.82 Å². The number of methoxy groups -OCH3 is 6. The summed E-state index contributed by atoms with van der Waals surface area (Å²) in [6.07, 6.45) is 21.4. The van der Waals surface area contributed by atoms with E-state index >= 15 is 0 Å². The van der Waals surface area contributed by atoms with Gasteiger partial charge >= 0.3 is 17.6 Å². The third-order valence-electron chi connectivity index (χ3n) is 23.1. The van der Waals surface area contributed by atoms with Crippen LogP contribution in [0.2, 0.25) is 0 Å². The van der Waals surface area contributed by atoms with Crippen molar-refractivity contribution in [3.63, 3.8) is 0 Å². The van der Waals surface area contributed by atoms with Gasteiger partial charge in [0, 0.05) is 92.8 Å². The molecule has 4 saturated heterocycles. The van der Waals surface area contributed by atoms with E-state index in [1.807, 2.05) is 77.9 Å². The molecule has 3 amide bonds. The van der Waals surface area contributed by atoms with Crippen LogP contribution in [-0.4, -0.2) is 183 Å². The number of aliphatic carboxylic acids is 2. The summed E-state index contributed by atoms with van der Waals surface area (Å²) in [5.74, 6) is 2.05. The molecule has 6 aliphatic rings. The molecule has 5 aromatic heterocycles. The number of ketones is 1. The monoisotopic (exact) mass is 1690 g/mol. The van der Waals surface area contributed by atoms with E-state index in [2.05, 4.69) is 38.6 Å². The third kappa shape index (κ3) is 23.1. The quantitative estimate of drug-likeness (QED) is 0.0371. The van der Waals surface area contributed by atoms with E-state index in [0.717, 1.165) is 95.6 Å². The Hall–Kier alpha value is -10.4. The highest BCUT2D eigenvalue weighted by atomic mass is 32.2. The minimum atomic E-state index is -1.13. The molecule has 0 radical (unpaired) electrons. The van der Waals surface area contributed by atoms with E-state index in [1.165, 1.54) is 69.1 Å². The summed E-state index contributed by atoms with van der Waals surface area (Å²) < 4.78 is 64.4. The summed E-state index contributed by atoms with van der Waals surface area (Å²) in [6.45, 7) is 19.1. The number of Topliss-reactive ketones (excluding diaryl/α,β-unsaturated/α-hetero) is 1. The van der Waals surface area contributed by atoms with Gasteiger partial charge in [-0.3, -0.25) is 23.7 Å². The number of carbonyl (C=O) groups is 6. The first-order valence-electron chi connectivity index (χ1n) is 41.4. The minimum Gasteiger partial charge on any atom is -0.496 e. The molecule has 4 aliphatic heterocycles. The highest BCUT2D eigenvalue weighted by Crippen LogP contribution is 2.42. The molecule has 2 aliphatic carbocycles. The largest absolute Gasteiger partial charge is 0.496 e. The zero-order valence-electron chi connectivity index (χ0n) is 72.0. The molecule has 15 rings (SSSR count). The zero-order valence-corrected chi connectivity index (χ0v) is 72.8. The van der Waals surface area contributed by atoms with Crippen molar-refractivity contribution < 1.29 is 90.4 Å². The van der Waals surface area contributed by atoms with Crippen LogP contribution in [0.3, 0.4) is 0 Å². The first-order valence-corrected chi connectivity index (χ1v) is 42.5. The number of carboxylic acid groups (broad SMARTS) is 2. The number of nitrogens with zero attached hydrogens (tertiary/aromatic N) is 7. The van der Waals surface area contributed by atoms with Crippen LogP contribution in [0.1, 0.15) is 193 Å². The third-order valence-corrected chi connectivity index (χ3v) is 24.1. The number of likely N-dealkylation sites (tertiary alicyclic amines) is 1. The number of rotatable bonds is 23. The number of benzene rings is 4. The van der Waals surface area contributed by atoms with Gasteiger partial charge < -0.3 is 92.1 Å². The first-order chi connectivity index (χ1) is 58.1. The van der Waals surface area contributed by atoms with Gasteiger partial charge in [0.1, 0.15) is 59.8 Å². The predicted octanol–water partition coefficient (Wildman–Crippen LogP) is 14.8. The second-order valence-corrected chi connectivity index (χ2v) is 32.7. The Bertz CT molecular complexity index is 5010. The van der Waals surface area contributed by atoms with Crippen molar-refractivity contribution >= 4 is 75.1 Å². The maximum absolute atomic E-state index is 13.2. The molecule has 4 aromatic carbocycles. The molecule has 0 spiro atoms. The number of anilines is 1. The molecule has 2 saturated carbocycles. The van der Waals surface area contributed by atoms with Crippen LogP contribution in [0, 0.1) is 31.1 Å². The van der Waals surface area contributed by atoms with Crippen molar-refractivity contribution in [1.82, 2.24) is 44.2 Å². The normalized spacial score (nSPS) is 21.3. The van der Waals surface area contributed by atoms with Gasteiger partial charge in [-0.25, -0.2) is 24.4 Å². The molecule has 10 unspecified atom stereocenters. The molecule has 0 bridgehead atoms. The van der Waals surface area contributed by atoms with Crippen LogP contribution >= 0.6 is 11.8 Å². The highest BCUT2D eigenvalue weighted by molar-refractivity contribution is 7.99. The second kappa shape index (κ2) is 43.4. The number of imidazole rings is 2. The number of nitrogen functional groups attached to an aromatic ring is 1. The van der Waals surface area contributed by atoms with Gasteiger partial charge in [0.2, 0.25) is 11.5 Å². The van der Waals surface area contributed by atoms with Crippen molar-refractivity contribution in [2.24, 2.45) is 17.3 Å². The Morgan fingerprint density at radius 3 is 1.61 bits per heavy atom. The molecule has 9 heterocycles. The van der Waals surface area contributed by atoms with Crippen LogP contribution < -0.4 is 36.3 Å². The van der Waals surface area contributed by atoms with E-state index in [-0.39, 0.29) is 73.3 Å². The number of hydrogen-bond acceptors (Lipinski definition) is 23. The number of ether oxygens (including phenoxy) is 9. The maximum atomic E-state index is 13.2. The average Bonchev–Trinajstić information content (AvgIpc) is 1.72. The van der Waals surface area contributed by atoms with E-state index in [0.29, 0.717) is 81.3 Å². The number of fused-ring (bicyclic) bond motifs is 2. The fourth-order valence-electron chi connectivity index (χ4n) is 15.8. The number of carbonyl (C=O) groups excluding carboxylic acids is 4. The van der Waals surface area contributed by atoms with E-state index in [1.54, 1.807) is 120 Å². The van der Waals surface area contributed by atoms with Gasteiger partial charge in [0.05, 0.1) is 92.8 Å². The number of thioether (sulfide) groups is 1. The molecule has 9 aromatic rings. The Morgan fingerprint density at radius 2 is 1.16 bits per heavy atom. The lowest BCUT2D eigenvalue weighted by atomic mass is 9.75. The van der Waals surface area contributed by atoms with Crippen molar-refractivity contribution in [2.75, 3.05) is 67.4 Å². The summed E-state index contributed by atoms with van der Waals surface area (Å²) in [5.41, 5.74) is 13.3.